The number of halogens is 1. The normalized spacial score (nSPS) is 12.6. The summed E-state index contributed by atoms with van der Waals surface area (Å²) in [6, 6.07) is 6.73. The number of carboxylic acid groups (broad SMARTS) is 1. The van der Waals surface area contributed by atoms with Crippen LogP contribution in [0.25, 0.3) is 0 Å². The van der Waals surface area contributed by atoms with Crippen LogP contribution in [0.3, 0.4) is 0 Å². The van der Waals surface area contributed by atoms with Gasteiger partial charge in [-0.15, -0.1) is 0 Å². The number of hydrogen-bond acceptors (Lipinski definition) is 3. The Hall–Kier alpha value is -1.31. The third-order valence-corrected chi connectivity index (χ3v) is 2.99. The lowest BCUT2D eigenvalue weighted by atomic mass is 10.0. The Morgan fingerprint density at radius 1 is 1.40 bits per heavy atom. The first-order valence-corrected chi connectivity index (χ1v) is 7.22. The van der Waals surface area contributed by atoms with E-state index in [-0.39, 0.29) is 6.42 Å². The standard InChI is InChI=1S/C14H18INO4/c1-14(2,3)20-13(19)16-11(8-12(17)18)9-5-4-6-10(15)7-9/h4-7,11H,8H2,1-3H3,(H,16,19)(H,17,18)/t11-/m0/s1. The van der Waals surface area contributed by atoms with Crippen LogP contribution in [-0.2, 0) is 9.53 Å². The van der Waals surface area contributed by atoms with Gasteiger partial charge >= 0.3 is 12.1 Å². The minimum atomic E-state index is -0.982. The number of hydrogen-bond donors (Lipinski definition) is 2. The van der Waals surface area contributed by atoms with Gasteiger partial charge in [0.1, 0.15) is 5.60 Å². The quantitative estimate of drug-likeness (QED) is 0.773. The Morgan fingerprint density at radius 3 is 2.55 bits per heavy atom. The van der Waals surface area contributed by atoms with Crippen LogP contribution in [0.15, 0.2) is 24.3 Å². The average molecular weight is 391 g/mol. The first-order valence-electron chi connectivity index (χ1n) is 6.14. The van der Waals surface area contributed by atoms with Crippen molar-refractivity contribution < 1.29 is 19.4 Å². The maximum Gasteiger partial charge on any atom is 0.408 e. The van der Waals surface area contributed by atoms with Crippen molar-refractivity contribution in [2.75, 3.05) is 0 Å². The number of carbonyl (C=O) groups excluding carboxylic acids is 1. The van der Waals surface area contributed by atoms with Crippen LogP contribution in [0.2, 0.25) is 0 Å². The molecule has 0 saturated heterocycles. The third-order valence-electron chi connectivity index (χ3n) is 2.32. The minimum Gasteiger partial charge on any atom is -0.481 e. The van der Waals surface area contributed by atoms with Crippen LogP contribution in [0.1, 0.15) is 38.8 Å². The highest BCUT2D eigenvalue weighted by atomic mass is 127. The van der Waals surface area contributed by atoms with Crippen molar-refractivity contribution in [2.45, 2.75) is 38.8 Å². The summed E-state index contributed by atoms with van der Waals surface area (Å²) in [5.74, 6) is -0.982. The van der Waals surface area contributed by atoms with E-state index < -0.39 is 23.7 Å². The van der Waals surface area contributed by atoms with Crippen LogP contribution < -0.4 is 5.32 Å². The molecule has 1 amide bonds. The molecule has 2 N–H and O–H groups in total. The van der Waals surface area contributed by atoms with Crippen molar-refractivity contribution in [3.63, 3.8) is 0 Å². The summed E-state index contributed by atoms with van der Waals surface area (Å²) in [5.41, 5.74) is 0.119. The molecule has 1 aromatic rings. The molecule has 0 radical (unpaired) electrons. The molecule has 6 heteroatoms. The largest absolute Gasteiger partial charge is 0.481 e. The third kappa shape index (κ3) is 6.23. The first kappa shape index (κ1) is 16.7. The number of alkyl carbamates (subject to hydrolysis) is 1. The van der Waals surface area contributed by atoms with E-state index in [1.807, 2.05) is 18.2 Å². The molecule has 0 aliphatic heterocycles. The molecule has 0 saturated carbocycles. The lowest BCUT2D eigenvalue weighted by Crippen LogP contribution is -2.35. The van der Waals surface area contributed by atoms with Gasteiger partial charge in [-0.3, -0.25) is 4.79 Å². The molecular formula is C14H18INO4. The average Bonchev–Trinajstić information content (AvgIpc) is 2.24. The van der Waals surface area contributed by atoms with Crippen LogP contribution in [0.4, 0.5) is 4.79 Å². The highest BCUT2D eigenvalue weighted by Crippen LogP contribution is 2.20. The van der Waals surface area contributed by atoms with Gasteiger partial charge < -0.3 is 15.2 Å². The maximum atomic E-state index is 11.8. The van der Waals surface area contributed by atoms with Gasteiger partial charge in [0.15, 0.2) is 0 Å². The zero-order valence-electron chi connectivity index (χ0n) is 11.6. The van der Waals surface area contributed by atoms with Crippen LogP contribution in [0.5, 0.6) is 0 Å². The molecule has 0 bridgehead atoms. The molecule has 110 valence electrons. The fraction of sp³-hybridized carbons (Fsp3) is 0.429. The second-order valence-electron chi connectivity index (χ2n) is 5.35. The Morgan fingerprint density at radius 2 is 2.05 bits per heavy atom. The van der Waals surface area contributed by atoms with Crippen molar-refractivity contribution in [1.82, 2.24) is 5.32 Å². The van der Waals surface area contributed by atoms with E-state index in [0.29, 0.717) is 0 Å². The molecule has 0 aliphatic rings. The van der Waals surface area contributed by atoms with Gasteiger partial charge in [0.2, 0.25) is 0 Å². The zero-order chi connectivity index (χ0) is 15.3. The lowest BCUT2D eigenvalue weighted by molar-refractivity contribution is -0.137. The highest BCUT2D eigenvalue weighted by Gasteiger charge is 2.22. The Labute approximate surface area is 131 Å². The van der Waals surface area contributed by atoms with E-state index in [2.05, 4.69) is 27.9 Å². The molecule has 5 nitrogen and oxygen atoms in total. The summed E-state index contributed by atoms with van der Waals surface area (Å²) < 4.78 is 6.13. The summed E-state index contributed by atoms with van der Waals surface area (Å²) in [4.78, 5) is 22.7. The predicted octanol–water partition coefficient (Wildman–Crippen LogP) is 3.33. The van der Waals surface area contributed by atoms with Crippen molar-refractivity contribution in [3.05, 3.63) is 33.4 Å². The summed E-state index contributed by atoms with van der Waals surface area (Å²) in [7, 11) is 0. The number of nitrogens with one attached hydrogen (secondary N) is 1. The smallest absolute Gasteiger partial charge is 0.408 e. The van der Waals surface area contributed by atoms with E-state index in [4.69, 9.17) is 9.84 Å². The van der Waals surface area contributed by atoms with Crippen molar-refractivity contribution in [1.29, 1.82) is 0 Å². The molecule has 0 fully saturated rings. The van der Waals surface area contributed by atoms with E-state index in [0.717, 1.165) is 9.13 Å². The summed E-state index contributed by atoms with van der Waals surface area (Å²) in [5, 5.41) is 11.6. The molecule has 0 spiro atoms. The summed E-state index contributed by atoms with van der Waals surface area (Å²) >= 11 is 2.14. The number of ether oxygens (including phenoxy) is 1. The number of carboxylic acids is 1. The number of aliphatic carboxylic acids is 1. The second kappa shape index (κ2) is 6.92. The van der Waals surface area contributed by atoms with E-state index in [9.17, 15) is 9.59 Å². The zero-order valence-corrected chi connectivity index (χ0v) is 13.8. The lowest BCUT2D eigenvalue weighted by Gasteiger charge is -2.23. The van der Waals surface area contributed by atoms with E-state index >= 15 is 0 Å². The molecular weight excluding hydrogens is 373 g/mol. The van der Waals surface area contributed by atoms with Gasteiger partial charge in [0.25, 0.3) is 0 Å². The van der Waals surface area contributed by atoms with Crippen molar-refractivity contribution >= 4 is 34.7 Å². The van der Waals surface area contributed by atoms with Gasteiger partial charge in [-0.1, -0.05) is 12.1 Å². The first-order chi connectivity index (χ1) is 9.17. The maximum absolute atomic E-state index is 11.8. The molecule has 0 aromatic heterocycles. The van der Waals surface area contributed by atoms with Gasteiger partial charge in [-0.2, -0.15) is 0 Å². The highest BCUT2D eigenvalue weighted by molar-refractivity contribution is 14.1. The minimum absolute atomic E-state index is 0.195. The van der Waals surface area contributed by atoms with Crippen molar-refractivity contribution in [3.8, 4) is 0 Å². The topological polar surface area (TPSA) is 75.6 Å². The Balaban J connectivity index is 2.85. The molecule has 20 heavy (non-hydrogen) atoms. The van der Waals surface area contributed by atoms with Crippen LogP contribution >= 0.6 is 22.6 Å². The number of amides is 1. The predicted molar refractivity (Wildman–Crippen MR) is 83.5 cm³/mol. The van der Waals surface area contributed by atoms with Crippen LogP contribution in [-0.4, -0.2) is 22.8 Å². The number of rotatable bonds is 4. The van der Waals surface area contributed by atoms with Crippen molar-refractivity contribution in [2.24, 2.45) is 0 Å². The molecule has 0 unspecified atom stereocenters. The molecule has 1 aromatic carbocycles. The Bertz CT molecular complexity index is 496. The second-order valence-corrected chi connectivity index (χ2v) is 6.60. The van der Waals surface area contributed by atoms with E-state index in [1.165, 1.54) is 0 Å². The number of carbonyl (C=O) groups is 2. The Kier molecular flexibility index (Phi) is 5.79. The van der Waals surface area contributed by atoms with Crippen LogP contribution in [0, 0.1) is 3.57 Å². The SMILES string of the molecule is CC(C)(C)OC(=O)N[C@@H](CC(=O)O)c1cccc(I)c1. The van der Waals surface area contributed by atoms with Gasteiger partial charge in [-0.05, 0) is 61.1 Å². The molecule has 0 aliphatic carbocycles. The fourth-order valence-electron chi connectivity index (χ4n) is 1.60. The molecule has 0 heterocycles. The monoisotopic (exact) mass is 391 g/mol. The fourth-order valence-corrected chi connectivity index (χ4v) is 2.17. The molecule has 1 rings (SSSR count). The van der Waals surface area contributed by atoms with Gasteiger partial charge in [-0.25, -0.2) is 4.79 Å². The van der Waals surface area contributed by atoms with Gasteiger partial charge in [0, 0.05) is 3.57 Å². The van der Waals surface area contributed by atoms with E-state index in [1.54, 1.807) is 26.8 Å². The molecule has 1 atom stereocenters. The van der Waals surface area contributed by atoms with Gasteiger partial charge in [0.05, 0.1) is 12.5 Å². The summed E-state index contributed by atoms with van der Waals surface area (Å²) in [6.07, 6.45) is -0.818. The number of benzene rings is 1. The summed E-state index contributed by atoms with van der Waals surface area (Å²) in [6.45, 7) is 5.26.